The van der Waals surface area contributed by atoms with Crippen LogP contribution in [0.2, 0.25) is 5.02 Å². The van der Waals surface area contributed by atoms with E-state index in [-0.39, 0.29) is 5.91 Å². The second kappa shape index (κ2) is 6.26. The van der Waals surface area contributed by atoms with Crippen LogP contribution in [0.3, 0.4) is 0 Å². The molecule has 118 valence electrons. The van der Waals surface area contributed by atoms with E-state index in [1.807, 2.05) is 31.2 Å². The Morgan fingerprint density at radius 1 is 1.35 bits per heavy atom. The number of nitrogens with zero attached hydrogens (tertiary/aromatic N) is 4. The number of hydrogen-bond acceptors (Lipinski definition) is 3. The summed E-state index contributed by atoms with van der Waals surface area (Å²) in [6.45, 7) is 2.44. The van der Waals surface area contributed by atoms with Crippen molar-refractivity contribution in [1.82, 2.24) is 19.6 Å². The summed E-state index contributed by atoms with van der Waals surface area (Å²) in [5, 5.41) is 11.8. The van der Waals surface area contributed by atoms with Gasteiger partial charge >= 0.3 is 0 Å². The number of nitrogens with one attached hydrogen (secondary N) is 1. The van der Waals surface area contributed by atoms with Gasteiger partial charge in [-0.3, -0.25) is 14.2 Å². The van der Waals surface area contributed by atoms with E-state index in [1.54, 1.807) is 34.9 Å². The predicted molar refractivity (Wildman–Crippen MR) is 88.7 cm³/mol. The van der Waals surface area contributed by atoms with Crippen molar-refractivity contribution in [3.05, 3.63) is 64.7 Å². The van der Waals surface area contributed by atoms with E-state index >= 15 is 0 Å². The van der Waals surface area contributed by atoms with Crippen molar-refractivity contribution in [3.8, 4) is 0 Å². The molecule has 0 unspecified atom stereocenters. The van der Waals surface area contributed by atoms with E-state index in [0.29, 0.717) is 17.3 Å². The van der Waals surface area contributed by atoms with E-state index in [4.69, 9.17) is 11.6 Å². The van der Waals surface area contributed by atoms with Crippen LogP contribution in [0.1, 0.15) is 21.7 Å². The lowest BCUT2D eigenvalue weighted by Gasteiger charge is -2.08. The highest BCUT2D eigenvalue weighted by atomic mass is 35.5. The second-order valence-corrected chi connectivity index (χ2v) is 5.74. The number of aromatic nitrogens is 4. The van der Waals surface area contributed by atoms with Crippen LogP contribution < -0.4 is 5.32 Å². The van der Waals surface area contributed by atoms with Crippen molar-refractivity contribution < 1.29 is 4.79 Å². The Kier molecular flexibility index (Phi) is 4.16. The van der Waals surface area contributed by atoms with Crippen molar-refractivity contribution in [1.29, 1.82) is 0 Å². The smallest absolute Gasteiger partial charge is 0.273 e. The van der Waals surface area contributed by atoms with Gasteiger partial charge in [-0.1, -0.05) is 23.7 Å². The molecule has 0 aliphatic heterocycles. The maximum absolute atomic E-state index is 12.3. The second-order valence-electron chi connectivity index (χ2n) is 5.31. The van der Waals surface area contributed by atoms with Crippen LogP contribution in [0, 0.1) is 6.92 Å². The van der Waals surface area contributed by atoms with Gasteiger partial charge in [0.15, 0.2) is 0 Å². The molecule has 23 heavy (non-hydrogen) atoms. The molecule has 0 fully saturated rings. The van der Waals surface area contributed by atoms with Gasteiger partial charge in [-0.2, -0.15) is 10.2 Å². The Morgan fingerprint density at radius 2 is 2.17 bits per heavy atom. The third kappa shape index (κ3) is 3.60. The van der Waals surface area contributed by atoms with Crippen LogP contribution in [-0.4, -0.2) is 25.5 Å². The minimum Gasteiger partial charge on any atom is -0.321 e. The molecule has 6 nitrogen and oxygen atoms in total. The quantitative estimate of drug-likeness (QED) is 0.800. The molecule has 0 saturated carbocycles. The molecule has 1 N–H and O–H groups in total. The predicted octanol–water partition coefficient (Wildman–Crippen LogP) is 2.88. The highest BCUT2D eigenvalue weighted by Crippen LogP contribution is 2.14. The van der Waals surface area contributed by atoms with E-state index in [0.717, 1.165) is 16.9 Å². The van der Waals surface area contributed by atoms with Crippen LogP contribution in [0.4, 0.5) is 5.69 Å². The normalized spacial score (nSPS) is 10.7. The topological polar surface area (TPSA) is 64.7 Å². The zero-order chi connectivity index (χ0) is 16.4. The maximum Gasteiger partial charge on any atom is 0.273 e. The molecular weight excluding hydrogens is 314 g/mol. The largest absolute Gasteiger partial charge is 0.321 e. The standard InChI is InChI=1S/C16H16ClN5O/c1-11-6-15(21(2)20-11)16(23)19-14-5-3-4-12(7-14)9-22-10-13(17)8-18-22/h3-8,10H,9H2,1-2H3,(H,19,23). The summed E-state index contributed by atoms with van der Waals surface area (Å²) in [6.07, 6.45) is 3.35. The molecule has 3 rings (SSSR count). The third-order valence-electron chi connectivity index (χ3n) is 3.37. The van der Waals surface area contributed by atoms with Gasteiger partial charge in [0.2, 0.25) is 0 Å². The van der Waals surface area contributed by atoms with E-state index in [9.17, 15) is 4.79 Å². The maximum atomic E-state index is 12.3. The highest BCUT2D eigenvalue weighted by Gasteiger charge is 2.12. The van der Waals surface area contributed by atoms with Crippen LogP contribution in [0.5, 0.6) is 0 Å². The minimum absolute atomic E-state index is 0.188. The van der Waals surface area contributed by atoms with Gasteiger partial charge in [-0.25, -0.2) is 0 Å². The number of rotatable bonds is 4. The third-order valence-corrected chi connectivity index (χ3v) is 3.56. The summed E-state index contributed by atoms with van der Waals surface area (Å²) in [7, 11) is 1.75. The fourth-order valence-corrected chi connectivity index (χ4v) is 2.53. The van der Waals surface area contributed by atoms with Crippen LogP contribution in [-0.2, 0) is 13.6 Å². The first kappa shape index (κ1) is 15.3. The summed E-state index contributed by atoms with van der Waals surface area (Å²) >= 11 is 5.86. The van der Waals surface area contributed by atoms with Crippen molar-refractivity contribution in [3.63, 3.8) is 0 Å². The van der Waals surface area contributed by atoms with Gasteiger partial charge in [-0.15, -0.1) is 0 Å². The molecule has 1 aromatic carbocycles. The van der Waals surface area contributed by atoms with Crippen molar-refractivity contribution in [2.24, 2.45) is 7.05 Å². The molecule has 0 bridgehead atoms. The summed E-state index contributed by atoms with van der Waals surface area (Å²) in [6, 6.07) is 9.38. The average Bonchev–Trinajstić information content (AvgIpc) is 3.04. The molecule has 0 aliphatic rings. The molecule has 0 saturated heterocycles. The molecule has 2 heterocycles. The number of halogens is 1. The van der Waals surface area contributed by atoms with E-state index < -0.39 is 0 Å². The minimum atomic E-state index is -0.188. The first-order valence-corrected chi connectivity index (χ1v) is 7.48. The van der Waals surface area contributed by atoms with Gasteiger partial charge in [-0.05, 0) is 30.7 Å². The van der Waals surface area contributed by atoms with Crippen molar-refractivity contribution in [2.45, 2.75) is 13.5 Å². The summed E-state index contributed by atoms with van der Waals surface area (Å²) in [4.78, 5) is 12.3. The number of benzene rings is 1. The fraction of sp³-hybridized carbons (Fsp3) is 0.188. The molecule has 0 aliphatic carbocycles. The molecule has 2 aromatic heterocycles. The van der Waals surface area contributed by atoms with Gasteiger partial charge < -0.3 is 5.32 Å². The van der Waals surface area contributed by atoms with E-state index in [1.165, 1.54) is 0 Å². The number of aryl methyl sites for hydroxylation is 2. The number of anilines is 1. The van der Waals surface area contributed by atoms with Gasteiger partial charge in [0.25, 0.3) is 5.91 Å². The van der Waals surface area contributed by atoms with Crippen molar-refractivity contribution in [2.75, 3.05) is 5.32 Å². The Balaban J connectivity index is 1.74. The zero-order valence-electron chi connectivity index (χ0n) is 12.8. The summed E-state index contributed by atoms with van der Waals surface area (Å²) < 4.78 is 3.31. The number of hydrogen-bond donors (Lipinski definition) is 1. The molecule has 3 aromatic rings. The first-order chi connectivity index (χ1) is 11.0. The van der Waals surface area contributed by atoms with E-state index in [2.05, 4.69) is 15.5 Å². The molecule has 0 atom stereocenters. The average molecular weight is 330 g/mol. The fourth-order valence-electron chi connectivity index (χ4n) is 2.38. The monoisotopic (exact) mass is 329 g/mol. The molecule has 1 amide bonds. The lowest BCUT2D eigenvalue weighted by molar-refractivity contribution is 0.101. The molecule has 0 spiro atoms. The first-order valence-electron chi connectivity index (χ1n) is 7.10. The SMILES string of the molecule is Cc1cc(C(=O)Nc2cccc(Cn3cc(Cl)cn3)c2)n(C)n1. The van der Waals surface area contributed by atoms with Crippen LogP contribution in [0.15, 0.2) is 42.7 Å². The molecular formula is C16H16ClN5O. The van der Waals surface area contributed by atoms with Gasteiger partial charge in [0, 0.05) is 18.9 Å². The highest BCUT2D eigenvalue weighted by molar-refractivity contribution is 6.30. The van der Waals surface area contributed by atoms with Gasteiger partial charge in [0.1, 0.15) is 5.69 Å². The van der Waals surface area contributed by atoms with Gasteiger partial charge in [0.05, 0.1) is 23.5 Å². The molecule has 0 radical (unpaired) electrons. The lowest BCUT2D eigenvalue weighted by atomic mass is 10.2. The molecule has 7 heteroatoms. The Hall–Kier alpha value is -2.60. The number of carbonyl (C=O) groups excluding carboxylic acids is 1. The zero-order valence-corrected chi connectivity index (χ0v) is 13.6. The lowest BCUT2D eigenvalue weighted by Crippen LogP contribution is -2.16. The number of amides is 1. The van der Waals surface area contributed by atoms with Crippen LogP contribution >= 0.6 is 11.6 Å². The number of carbonyl (C=O) groups is 1. The summed E-state index contributed by atoms with van der Waals surface area (Å²) in [5.74, 6) is -0.188. The van der Waals surface area contributed by atoms with Crippen LogP contribution in [0.25, 0.3) is 0 Å². The summed E-state index contributed by atoms with van der Waals surface area (Å²) in [5.41, 5.74) is 3.07. The Bertz CT molecular complexity index is 852. The Morgan fingerprint density at radius 3 is 2.83 bits per heavy atom. The Labute approximate surface area is 138 Å². The van der Waals surface area contributed by atoms with Crippen molar-refractivity contribution >= 4 is 23.2 Å².